The van der Waals surface area contributed by atoms with Gasteiger partial charge in [0.15, 0.2) is 0 Å². The Morgan fingerprint density at radius 1 is 1.23 bits per heavy atom. The van der Waals surface area contributed by atoms with Crippen molar-refractivity contribution in [3.8, 4) is 0 Å². The van der Waals surface area contributed by atoms with Crippen molar-refractivity contribution in [3.63, 3.8) is 0 Å². The Kier molecular flexibility index (Phi) is 6.20. The van der Waals surface area contributed by atoms with E-state index >= 15 is 0 Å². The van der Waals surface area contributed by atoms with E-state index in [-0.39, 0.29) is 43.1 Å². The van der Waals surface area contributed by atoms with Gasteiger partial charge in [-0.15, -0.1) is 0 Å². The Hall–Kier alpha value is -2.44. The zero-order valence-electron chi connectivity index (χ0n) is 14.7. The van der Waals surface area contributed by atoms with Crippen molar-refractivity contribution in [2.45, 2.75) is 57.1 Å². The molecule has 1 fully saturated rings. The van der Waals surface area contributed by atoms with Gasteiger partial charge in [-0.25, -0.2) is 4.39 Å². The van der Waals surface area contributed by atoms with E-state index in [9.17, 15) is 14.0 Å². The van der Waals surface area contributed by atoms with Gasteiger partial charge in [0.25, 0.3) is 5.91 Å². The lowest BCUT2D eigenvalue weighted by molar-refractivity contribution is -0.131. The Bertz CT molecular complexity index is 686. The molecule has 3 rings (SSSR count). The average molecular weight is 361 g/mol. The number of hydrogen-bond donors (Lipinski definition) is 2. The molecule has 1 saturated carbocycles. The first-order valence-corrected chi connectivity index (χ1v) is 9.17. The van der Waals surface area contributed by atoms with Crippen LogP contribution in [0.5, 0.6) is 0 Å². The number of amides is 2. The summed E-state index contributed by atoms with van der Waals surface area (Å²) in [7, 11) is 0. The van der Waals surface area contributed by atoms with Crippen LogP contribution in [0.4, 0.5) is 4.39 Å². The lowest BCUT2D eigenvalue weighted by Gasteiger charge is -2.22. The molecule has 0 spiro atoms. The number of oxime groups is 1. The van der Waals surface area contributed by atoms with Gasteiger partial charge in [0.05, 0.1) is 5.71 Å². The number of nitrogens with zero attached hydrogens (tertiary/aromatic N) is 1. The molecular formula is C19H24FN3O3. The van der Waals surface area contributed by atoms with Crippen LogP contribution < -0.4 is 10.6 Å². The van der Waals surface area contributed by atoms with Crippen molar-refractivity contribution in [1.29, 1.82) is 0 Å². The van der Waals surface area contributed by atoms with Crippen LogP contribution in [0, 0.1) is 5.82 Å². The standard InChI is InChI=1S/C19H24FN3O3/c20-14-6-4-5-13(11-14)16-12-17(26-23-16)19(25)21-10-9-18(24)22-15-7-2-1-3-8-15/h4-6,11,15,17H,1-3,7-10,12H2,(H,21,25)(H,22,24)/t17-/m1/s1. The predicted octanol–water partition coefficient (Wildman–Crippen LogP) is 2.27. The largest absolute Gasteiger partial charge is 0.382 e. The van der Waals surface area contributed by atoms with E-state index < -0.39 is 6.10 Å². The molecule has 1 aromatic carbocycles. The molecule has 1 aliphatic heterocycles. The summed E-state index contributed by atoms with van der Waals surface area (Å²) in [6.07, 6.45) is 5.42. The fourth-order valence-corrected chi connectivity index (χ4v) is 3.32. The topological polar surface area (TPSA) is 79.8 Å². The second-order valence-electron chi connectivity index (χ2n) is 6.79. The van der Waals surface area contributed by atoms with Gasteiger partial charge in [-0.1, -0.05) is 36.6 Å². The lowest BCUT2D eigenvalue weighted by atomic mass is 9.95. The monoisotopic (exact) mass is 361 g/mol. The maximum Gasteiger partial charge on any atom is 0.264 e. The minimum Gasteiger partial charge on any atom is -0.382 e. The van der Waals surface area contributed by atoms with Crippen LogP contribution in [-0.4, -0.2) is 36.2 Å². The fraction of sp³-hybridized carbons (Fsp3) is 0.526. The predicted molar refractivity (Wildman–Crippen MR) is 95.1 cm³/mol. The zero-order chi connectivity index (χ0) is 18.4. The molecule has 0 aromatic heterocycles. The van der Waals surface area contributed by atoms with Crippen LogP contribution in [0.3, 0.4) is 0 Å². The maximum absolute atomic E-state index is 13.3. The molecule has 1 heterocycles. The molecule has 2 aliphatic rings. The van der Waals surface area contributed by atoms with Gasteiger partial charge in [0.2, 0.25) is 12.0 Å². The van der Waals surface area contributed by atoms with E-state index in [1.54, 1.807) is 12.1 Å². The third-order valence-corrected chi connectivity index (χ3v) is 4.74. The third-order valence-electron chi connectivity index (χ3n) is 4.74. The molecule has 26 heavy (non-hydrogen) atoms. The smallest absolute Gasteiger partial charge is 0.264 e. The number of nitrogens with one attached hydrogen (secondary N) is 2. The van der Waals surface area contributed by atoms with Gasteiger partial charge in [-0.3, -0.25) is 9.59 Å². The average Bonchev–Trinajstić information content (AvgIpc) is 3.13. The Morgan fingerprint density at radius 3 is 2.81 bits per heavy atom. The normalized spacial score (nSPS) is 20.2. The van der Waals surface area contributed by atoms with E-state index in [1.807, 2.05) is 0 Å². The highest BCUT2D eigenvalue weighted by Gasteiger charge is 2.28. The van der Waals surface area contributed by atoms with Crippen LogP contribution in [0.1, 0.15) is 50.5 Å². The first-order chi connectivity index (χ1) is 12.6. The minimum atomic E-state index is -0.741. The summed E-state index contributed by atoms with van der Waals surface area (Å²) in [4.78, 5) is 29.2. The van der Waals surface area contributed by atoms with Crippen molar-refractivity contribution >= 4 is 17.5 Å². The molecule has 0 saturated heterocycles. The van der Waals surface area contributed by atoms with Crippen molar-refractivity contribution in [2.75, 3.05) is 6.54 Å². The molecule has 1 aromatic rings. The van der Waals surface area contributed by atoms with Crippen LogP contribution in [0.25, 0.3) is 0 Å². The van der Waals surface area contributed by atoms with Crippen LogP contribution in [-0.2, 0) is 14.4 Å². The number of rotatable bonds is 6. The molecule has 1 aliphatic carbocycles. The highest BCUT2D eigenvalue weighted by atomic mass is 19.1. The number of carbonyl (C=O) groups is 2. The zero-order valence-corrected chi connectivity index (χ0v) is 14.7. The Balaban J connectivity index is 1.37. The molecule has 2 N–H and O–H groups in total. The molecule has 1 atom stereocenters. The van der Waals surface area contributed by atoms with Gasteiger partial charge >= 0.3 is 0 Å². The summed E-state index contributed by atoms with van der Waals surface area (Å²) in [5, 5.41) is 9.60. The molecule has 0 radical (unpaired) electrons. The number of carbonyl (C=O) groups excluding carboxylic acids is 2. The number of benzene rings is 1. The highest BCUT2D eigenvalue weighted by molar-refractivity contribution is 6.04. The maximum atomic E-state index is 13.3. The van der Waals surface area contributed by atoms with Gasteiger partial charge in [0.1, 0.15) is 5.82 Å². The summed E-state index contributed by atoms with van der Waals surface area (Å²) in [5.41, 5.74) is 1.15. The van der Waals surface area contributed by atoms with Crippen LogP contribution in [0.15, 0.2) is 29.4 Å². The van der Waals surface area contributed by atoms with Crippen molar-refractivity contribution in [2.24, 2.45) is 5.16 Å². The van der Waals surface area contributed by atoms with Gasteiger partial charge < -0.3 is 15.5 Å². The van der Waals surface area contributed by atoms with Gasteiger partial charge in [0, 0.05) is 31.0 Å². The molecule has 7 heteroatoms. The minimum absolute atomic E-state index is 0.0405. The molecule has 2 amide bonds. The van der Waals surface area contributed by atoms with E-state index in [2.05, 4.69) is 15.8 Å². The molecular weight excluding hydrogens is 337 g/mol. The fourth-order valence-electron chi connectivity index (χ4n) is 3.32. The van der Waals surface area contributed by atoms with E-state index in [0.29, 0.717) is 11.3 Å². The summed E-state index contributed by atoms with van der Waals surface area (Å²) < 4.78 is 13.3. The molecule has 6 nitrogen and oxygen atoms in total. The quantitative estimate of drug-likeness (QED) is 0.816. The summed E-state index contributed by atoms with van der Waals surface area (Å²) in [6.45, 7) is 0.256. The van der Waals surface area contributed by atoms with E-state index in [1.165, 1.54) is 18.6 Å². The Morgan fingerprint density at radius 2 is 2.04 bits per heavy atom. The number of hydrogen-bond acceptors (Lipinski definition) is 4. The van der Waals surface area contributed by atoms with Crippen molar-refractivity contribution < 1.29 is 18.8 Å². The van der Waals surface area contributed by atoms with E-state index in [4.69, 9.17) is 4.84 Å². The second-order valence-corrected chi connectivity index (χ2v) is 6.79. The third kappa shape index (κ3) is 5.03. The van der Waals surface area contributed by atoms with Crippen molar-refractivity contribution in [3.05, 3.63) is 35.6 Å². The number of halogens is 1. The van der Waals surface area contributed by atoms with Crippen LogP contribution >= 0.6 is 0 Å². The van der Waals surface area contributed by atoms with Gasteiger partial charge in [-0.2, -0.15) is 0 Å². The second kappa shape index (κ2) is 8.78. The first kappa shape index (κ1) is 18.4. The summed E-state index contributed by atoms with van der Waals surface area (Å²) in [5.74, 6) is -0.714. The first-order valence-electron chi connectivity index (χ1n) is 9.17. The SMILES string of the molecule is O=C(CCNC(=O)[C@H]1CC(c2cccc(F)c2)=NO1)NC1CCCCC1. The molecule has 0 unspecified atom stereocenters. The summed E-state index contributed by atoms with van der Waals surface area (Å²) in [6, 6.07) is 6.29. The summed E-state index contributed by atoms with van der Waals surface area (Å²) >= 11 is 0. The van der Waals surface area contributed by atoms with E-state index in [0.717, 1.165) is 25.7 Å². The molecule has 0 bridgehead atoms. The Labute approximate surface area is 152 Å². The van der Waals surface area contributed by atoms with Gasteiger partial charge in [-0.05, 0) is 25.0 Å². The van der Waals surface area contributed by atoms with Crippen molar-refractivity contribution in [1.82, 2.24) is 10.6 Å². The lowest BCUT2D eigenvalue weighted by Crippen LogP contribution is -2.40. The molecule has 140 valence electrons. The highest BCUT2D eigenvalue weighted by Crippen LogP contribution is 2.18. The van der Waals surface area contributed by atoms with Crippen LogP contribution in [0.2, 0.25) is 0 Å².